The minimum atomic E-state index is -1.77. The lowest BCUT2D eigenvalue weighted by Crippen LogP contribution is -2.37. The number of imidazole rings is 1. The minimum Gasteiger partial charge on any atom is -0.387 e. The Morgan fingerprint density at radius 2 is 2.12 bits per heavy atom. The van der Waals surface area contributed by atoms with Gasteiger partial charge in [0.25, 0.3) is 0 Å². The van der Waals surface area contributed by atoms with Crippen LogP contribution in [0.4, 0.5) is 10.2 Å². The molecule has 1 radical (unpaired) electrons. The number of fused-ring (bicyclic) bond motifs is 1. The van der Waals surface area contributed by atoms with Crippen molar-refractivity contribution in [1.82, 2.24) is 19.5 Å². The maximum absolute atomic E-state index is 14.4. The lowest BCUT2D eigenvalue weighted by atomic mass is 10.1. The van der Waals surface area contributed by atoms with E-state index in [4.69, 9.17) is 21.1 Å². The number of rotatable bonds is 3. The molecule has 2 aromatic heterocycles. The van der Waals surface area contributed by atoms with Crippen LogP contribution < -0.4 is 4.90 Å². The predicted octanol–water partition coefficient (Wildman–Crippen LogP) is 0.343. The third-order valence-electron chi connectivity index (χ3n) is 4.42. The molecule has 4 heterocycles. The molecule has 4 rings (SSSR count). The highest BCUT2D eigenvalue weighted by Crippen LogP contribution is 2.35. The number of hydrogen-bond acceptors (Lipinski definition) is 7. The van der Waals surface area contributed by atoms with Gasteiger partial charge in [-0.1, -0.05) is 0 Å². The molecule has 2 saturated heterocycles. The van der Waals surface area contributed by atoms with E-state index in [0.29, 0.717) is 37.6 Å². The fourth-order valence-electron chi connectivity index (χ4n) is 3.12. The molecular weight excluding hydrogens is 357 g/mol. The molecule has 2 aliphatic rings. The number of alkyl halides is 1. The van der Waals surface area contributed by atoms with E-state index in [-0.39, 0.29) is 10.9 Å². The first-order valence-electron chi connectivity index (χ1n) is 7.88. The Labute approximate surface area is 147 Å². The van der Waals surface area contributed by atoms with Gasteiger partial charge < -0.3 is 19.5 Å². The second kappa shape index (κ2) is 6.61. The third kappa shape index (κ3) is 2.83. The lowest BCUT2D eigenvalue weighted by Gasteiger charge is -2.27. The molecular formula is C14H16ClFN5O4. The molecule has 0 amide bonds. The fraction of sp³-hybridized carbons (Fsp3) is 0.643. The molecule has 0 bridgehead atoms. The first kappa shape index (κ1) is 16.9. The molecule has 0 aromatic carbocycles. The second-order valence-corrected chi connectivity index (χ2v) is 6.24. The average Bonchev–Trinajstić information content (AvgIpc) is 3.16. The molecule has 25 heavy (non-hydrogen) atoms. The van der Waals surface area contributed by atoms with Crippen LogP contribution in [-0.2, 0) is 14.6 Å². The summed E-state index contributed by atoms with van der Waals surface area (Å²) in [6, 6.07) is 0. The van der Waals surface area contributed by atoms with E-state index in [1.54, 1.807) is 0 Å². The fourth-order valence-corrected chi connectivity index (χ4v) is 3.28. The highest BCUT2D eigenvalue weighted by Gasteiger charge is 2.45. The minimum absolute atomic E-state index is 0.00919. The Balaban J connectivity index is 1.75. The maximum atomic E-state index is 14.4. The van der Waals surface area contributed by atoms with E-state index < -0.39 is 31.2 Å². The maximum Gasteiger partial charge on any atom is 0.226 e. The van der Waals surface area contributed by atoms with E-state index in [1.165, 1.54) is 10.9 Å². The number of ether oxygens (including phenoxy) is 2. The van der Waals surface area contributed by atoms with Crippen molar-refractivity contribution >= 4 is 28.6 Å². The van der Waals surface area contributed by atoms with E-state index in [9.17, 15) is 14.6 Å². The van der Waals surface area contributed by atoms with Crippen molar-refractivity contribution in [2.24, 2.45) is 0 Å². The molecule has 135 valence electrons. The Hall–Kier alpha value is -1.59. The summed E-state index contributed by atoms with van der Waals surface area (Å²) in [6.07, 6.45) is -4.21. The second-order valence-electron chi connectivity index (χ2n) is 5.91. The smallest absolute Gasteiger partial charge is 0.226 e. The van der Waals surface area contributed by atoms with Gasteiger partial charge in [0.2, 0.25) is 5.28 Å². The predicted molar refractivity (Wildman–Crippen MR) is 83.7 cm³/mol. The number of aliphatic hydroxyl groups is 1. The highest BCUT2D eigenvalue weighted by atomic mass is 35.5. The monoisotopic (exact) mass is 372 g/mol. The Morgan fingerprint density at radius 3 is 2.80 bits per heavy atom. The van der Waals surface area contributed by atoms with Crippen molar-refractivity contribution in [3.8, 4) is 0 Å². The molecule has 4 atom stereocenters. The number of nitrogens with zero attached hydrogens (tertiary/aromatic N) is 5. The summed E-state index contributed by atoms with van der Waals surface area (Å²) in [5.74, 6) is 0.534. The first-order chi connectivity index (χ1) is 12.1. The zero-order valence-corrected chi connectivity index (χ0v) is 13.8. The van der Waals surface area contributed by atoms with Gasteiger partial charge in [0.1, 0.15) is 18.8 Å². The van der Waals surface area contributed by atoms with Crippen molar-refractivity contribution in [2.45, 2.75) is 24.6 Å². The van der Waals surface area contributed by atoms with Gasteiger partial charge in [0, 0.05) is 13.1 Å². The SMILES string of the molecule is [O]C[C@H]1O[C@@H](n2cnc3c(N4CCOCC4)nc(Cl)nc32)[C@@H](F)[C@@H]1O. The zero-order chi connectivity index (χ0) is 17.6. The Morgan fingerprint density at radius 1 is 1.36 bits per heavy atom. The van der Waals surface area contributed by atoms with Crippen molar-refractivity contribution in [3.63, 3.8) is 0 Å². The molecule has 0 saturated carbocycles. The highest BCUT2D eigenvalue weighted by molar-refractivity contribution is 6.28. The number of anilines is 1. The first-order valence-corrected chi connectivity index (χ1v) is 8.26. The van der Waals surface area contributed by atoms with E-state index in [1.807, 2.05) is 4.90 Å². The van der Waals surface area contributed by atoms with Gasteiger partial charge in [0.05, 0.1) is 19.5 Å². The van der Waals surface area contributed by atoms with Crippen LogP contribution in [0.5, 0.6) is 0 Å². The molecule has 9 nitrogen and oxygen atoms in total. The third-order valence-corrected chi connectivity index (χ3v) is 4.59. The van der Waals surface area contributed by atoms with Crippen molar-refractivity contribution in [2.75, 3.05) is 37.8 Å². The van der Waals surface area contributed by atoms with Crippen LogP contribution in [0.2, 0.25) is 5.28 Å². The Kier molecular flexibility index (Phi) is 4.46. The van der Waals surface area contributed by atoms with Crippen LogP contribution in [-0.4, -0.2) is 75.9 Å². The summed E-state index contributed by atoms with van der Waals surface area (Å²) in [4.78, 5) is 14.6. The molecule has 2 aliphatic heterocycles. The van der Waals surface area contributed by atoms with Gasteiger partial charge in [0.15, 0.2) is 29.4 Å². The summed E-state index contributed by atoms with van der Waals surface area (Å²) in [6.45, 7) is 1.62. The largest absolute Gasteiger partial charge is 0.387 e. The molecule has 1 N–H and O–H groups in total. The van der Waals surface area contributed by atoms with E-state index in [0.717, 1.165) is 0 Å². The van der Waals surface area contributed by atoms with Crippen molar-refractivity contribution < 1.29 is 24.1 Å². The van der Waals surface area contributed by atoms with E-state index in [2.05, 4.69) is 15.0 Å². The summed E-state index contributed by atoms with van der Waals surface area (Å²) >= 11 is 6.04. The van der Waals surface area contributed by atoms with Crippen molar-refractivity contribution in [1.29, 1.82) is 0 Å². The molecule has 0 aliphatic carbocycles. The standard InChI is InChI=1S/C14H16ClFN5O4/c15-14-18-11(20-1-3-24-4-2-20)9-12(19-14)21(6-17-9)13-8(16)10(23)7(5-22)25-13/h6-8,10,13,23H,1-5H2/t7-,8+,10-,13-/m1/s1. The molecule has 0 unspecified atom stereocenters. The van der Waals surface area contributed by atoms with Crippen molar-refractivity contribution in [3.05, 3.63) is 11.6 Å². The number of halogens is 2. The molecule has 2 aromatic rings. The number of hydrogen-bond donors (Lipinski definition) is 1. The average molecular weight is 373 g/mol. The van der Waals surface area contributed by atoms with Crippen LogP contribution in [0, 0.1) is 0 Å². The number of morpholine rings is 1. The van der Waals surface area contributed by atoms with Crippen LogP contribution in [0.25, 0.3) is 11.2 Å². The molecule has 2 fully saturated rings. The van der Waals surface area contributed by atoms with Gasteiger partial charge in [-0.3, -0.25) is 4.57 Å². The zero-order valence-electron chi connectivity index (χ0n) is 13.1. The Bertz CT molecular complexity index is 771. The summed E-state index contributed by atoms with van der Waals surface area (Å²) < 4.78 is 26.4. The number of aromatic nitrogens is 4. The van der Waals surface area contributed by atoms with Crippen LogP contribution in [0.1, 0.15) is 6.23 Å². The summed E-state index contributed by atoms with van der Waals surface area (Å²) in [7, 11) is 0. The topological polar surface area (TPSA) is 105 Å². The quantitative estimate of drug-likeness (QED) is 0.774. The van der Waals surface area contributed by atoms with Gasteiger partial charge >= 0.3 is 0 Å². The number of aliphatic hydroxyl groups excluding tert-OH is 1. The normalized spacial score (nSPS) is 30.3. The molecule has 11 heteroatoms. The molecule has 0 spiro atoms. The van der Waals surface area contributed by atoms with Crippen LogP contribution >= 0.6 is 11.6 Å². The van der Waals surface area contributed by atoms with Gasteiger partial charge in [-0.15, -0.1) is 0 Å². The lowest BCUT2D eigenvalue weighted by molar-refractivity contribution is -0.0593. The van der Waals surface area contributed by atoms with Gasteiger partial charge in [-0.25, -0.2) is 14.5 Å². The van der Waals surface area contributed by atoms with E-state index >= 15 is 0 Å². The van der Waals surface area contributed by atoms with Crippen LogP contribution in [0.15, 0.2) is 6.33 Å². The van der Waals surface area contributed by atoms with Gasteiger partial charge in [-0.05, 0) is 11.6 Å². The summed E-state index contributed by atoms with van der Waals surface area (Å²) in [5.41, 5.74) is 0.732. The van der Waals surface area contributed by atoms with Crippen LogP contribution in [0.3, 0.4) is 0 Å². The van der Waals surface area contributed by atoms with Gasteiger partial charge in [-0.2, -0.15) is 9.97 Å². The summed E-state index contributed by atoms with van der Waals surface area (Å²) in [5, 5.41) is 20.8.